The van der Waals surface area contributed by atoms with Crippen molar-refractivity contribution in [3.63, 3.8) is 0 Å². The van der Waals surface area contributed by atoms with Crippen molar-refractivity contribution in [3.8, 4) is 39.3 Å². The molecule has 0 unspecified atom stereocenters. The Balaban J connectivity index is 1.66. The number of hydrogen-bond acceptors (Lipinski definition) is 0. The van der Waals surface area contributed by atoms with Gasteiger partial charge < -0.3 is 0 Å². The molecule has 0 amide bonds. The van der Waals surface area contributed by atoms with Crippen LogP contribution in [0.15, 0.2) is 127 Å². The van der Waals surface area contributed by atoms with Crippen LogP contribution < -0.4 is 4.57 Å². The van der Waals surface area contributed by atoms with Gasteiger partial charge in [-0.1, -0.05) is 91.0 Å². The maximum absolute atomic E-state index is 2.40. The molecule has 0 saturated heterocycles. The third-order valence-corrected chi connectivity index (χ3v) is 6.81. The summed E-state index contributed by atoms with van der Waals surface area (Å²) in [5.41, 5.74) is 10.9. The average molecular weight is 452 g/mol. The first-order valence-electron chi connectivity index (χ1n) is 12.0. The first-order valence-corrected chi connectivity index (χ1v) is 12.0. The highest BCUT2D eigenvalue weighted by atomic mass is 15.2. The average Bonchev–Trinajstić information content (AvgIpc) is 3.22. The van der Waals surface area contributed by atoms with Crippen molar-refractivity contribution in [3.05, 3.63) is 133 Å². The van der Waals surface area contributed by atoms with Crippen molar-refractivity contribution in [1.82, 2.24) is 4.57 Å². The van der Waals surface area contributed by atoms with Crippen LogP contribution in [-0.4, -0.2) is 4.57 Å². The van der Waals surface area contributed by atoms with Crippen LogP contribution >= 0.6 is 0 Å². The number of hydrogen-bond donors (Lipinski definition) is 0. The normalized spacial score (nSPS) is 11.1. The summed E-state index contributed by atoms with van der Waals surface area (Å²) < 4.78 is 4.73. The van der Waals surface area contributed by atoms with Gasteiger partial charge in [0.05, 0.1) is 12.6 Å². The predicted octanol–water partition coefficient (Wildman–Crippen LogP) is 7.76. The van der Waals surface area contributed by atoms with Crippen molar-refractivity contribution >= 4 is 11.0 Å². The van der Waals surface area contributed by atoms with Crippen molar-refractivity contribution in [2.45, 2.75) is 6.92 Å². The van der Waals surface area contributed by atoms with Crippen LogP contribution in [0.3, 0.4) is 0 Å². The second-order valence-corrected chi connectivity index (χ2v) is 9.02. The summed E-state index contributed by atoms with van der Waals surface area (Å²) in [6.45, 7) is 2.20. The van der Waals surface area contributed by atoms with E-state index in [0.717, 1.165) is 5.69 Å². The van der Waals surface area contributed by atoms with E-state index in [4.69, 9.17) is 0 Å². The molecule has 0 N–H and O–H groups in total. The lowest BCUT2D eigenvalue weighted by atomic mass is 9.99. The highest BCUT2D eigenvalue weighted by Gasteiger charge is 2.27. The molecule has 5 aromatic carbocycles. The van der Waals surface area contributed by atoms with Crippen LogP contribution in [0, 0.1) is 6.92 Å². The van der Waals surface area contributed by atoms with E-state index >= 15 is 0 Å². The Labute approximate surface area is 206 Å². The SMILES string of the molecule is Cc1ccc(-c2ccccc2)cc1-c1n(-c2ccccc2)c2cc(-c3ccccc3)ccc2[n+]1C. The smallest absolute Gasteiger partial charge is 0.225 e. The zero-order chi connectivity index (χ0) is 23.8. The molecule has 0 saturated carbocycles. The van der Waals surface area contributed by atoms with Gasteiger partial charge in [0.2, 0.25) is 0 Å². The third kappa shape index (κ3) is 3.74. The van der Waals surface area contributed by atoms with E-state index < -0.39 is 0 Å². The number of rotatable bonds is 4. The molecule has 0 bridgehead atoms. The minimum Gasteiger partial charge on any atom is -0.225 e. The van der Waals surface area contributed by atoms with Gasteiger partial charge in [0.15, 0.2) is 11.0 Å². The number of nitrogens with zero attached hydrogens (tertiary/aromatic N) is 2. The Morgan fingerprint density at radius 2 is 1.09 bits per heavy atom. The zero-order valence-electron chi connectivity index (χ0n) is 20.0. The Morgan fingerprint density at radius 1 is 0.543 bits per heavy atom. The molecule has 0 fully saturated rings. The number of imidazole rings is 1. The molecule has 0 spiro atoms. The van der Waals surface area contributed by atoms with Gasteiger partial charge in [-0.05, 0) is 71.1 Å². The van der Waals surface area contributed by atoms with E-state index in [1.807, 2.05) is 0 Å². The van der Waals surface area contributed by atoms with Crippen LogP contribution in [0.4, 0.5) is 0 Å². The van der Waals surface area contributed by atoms with Gasteiger partial charge in [0.1, 0.15) is 5.69 Å². The summed E-state index contributed by atoms with van der Waals surface area (Å²) in [6, 6.07) is 45.5. The highest BCUT2D eigenvalue weighted by Crippen LogP contribution is 2.34. The number of fused-ring (bicyclic) bond motifs is 1. The van der Waals surface area contributed by atoms with E-state index in [9.17, 15) is 0 Å². The number of aromatic nitrogens is 2. The number of benzene rings is 5. The third-order valence-electron chi connectivity index (χ3n) is 6.81. The molecular formula is C33H27N2+. The fraction of sp³-hybridized carbons (Fsp3) is 0.0606. The quantitative estimate of drug-likeness (QED) is 0.242. The minimum atomic E-state index is 1.16. The molecule has 2 nitrogen and oxygen atoms in total. The lowest BCUT2D eigenvalue weighted by Crippen LogP contribution is -2.30. The molecule has 35 heavy (non-hydrogen) atoms. The van der Waals surface area contributed by atoms with Crippen molar-refractivity contribution in [1.29, 1.82) is 0 Å². The number of para-hydroxylation sites is 1. The molecule has 0 atom stereocenters. The molecule has 0 aliphatic carbocycles. The van der Waals surface area contributed by atoms with Gasteiger partial charge >= 0.3 is 0 Å². The molecule has 1 aromatic heterocycles. The van der Waals surface area contributed by atoms with Crippen molar-refractivity contribution in [2.24, 2.45) is 7.05 Å². The monoisotopic (exact) mass is 451 g/mol. The highest BCUT2D eigenvalue weighted by molar-refractivity contribution is 5.85. The molecule has 0 radical (unpaired) electrons. The van der Waals surface area contributed by atoms with Crippen molar-refractivity contribution < 1.29 is 4.57 Å². The van der Waals surface area contributed by atoms with Crippen LogP contribution in [0.2, 0.25) is 0 Å². The summed E-state index contributed by atoms with van der Waals surface area (Å²) in [5, 5.41) is 0. The van der Waals surface area contributed by atoms with E-state index in [0.29, 0.717) is 0 Å². The Bertz CT molecular complexity index is 1630. The predicted molar refractivity (Wildman–Crippen MR) is 145 cm³/mol. The van der Waals surface area contributed by atoms with Gasteiger partial charge in [0.25, 0.3) is 5.82 Å². The molecular weight excluding hydrogens is 424 g/mol. The topological polar surface area (TPSA) is 8.81 Å². The number of aryl methyl sites for hydroxylation is 2. The van der Waals surface area contributed by atoms with Crippen molar-refractivity contribution in [2.75, 3.05) is 0 Å². The Kier molecular flexibility index (Phi) is 5.27. The Morgan fingerprint density at radius 3 is 1.71 bits per heavy atom. The fourth-order valence-corrected chi connectivity index (χ4v) is 4.99. The summed E-state index contributed by atoms with van der Waals surface area (Å²) in [5.74, 6) is 1.17. The second kappa shape index (κ2) is 8.73. The standard InChI is InChI=1S/C33H27N2/c1-24-18-19-27(25-12-6-3-7-13-25)22-30(24)33-34(2)31-21-20-28(26-14-8-4-9-15-26)23-32(31)35(33)29-16-10-5-11-17-29/h3-23H,1-2H3/q+1. The summed E-state index contributed by atoms with van der Waals surface area (Å²) in [6.07, 6.45) is 0. The second-order valence-electron chi connectivity index (χ2n) is 9.02. The van der Waals surface area contributed by atoms with E-state index in [2.05, 4.69) is 150 Å². The van der Waals surface area contributed by atoms with Gasteiger partial charge in [-0.2, -0.15) is 4.57 Å². The molecule has 0 aliphatic rings. The Hall–Kier alpha value is -4.43. The molecule has 6 aromatic rings. The van der Waals surface area contributed by atoms with E-state index in [-0.39, 0.29) is 0 Å². The van der Waals surface area contributed by atoms with Crippen LogP contribution in [0.1, 0.15) is 5.56 Å². The molecule has 6 rings (SSSR count). The van der Waals surface area contributed by atoms with Gasteiger partial charge in [-0.3, -0.25) is 0 Å². The molecule has 2 heteroatoms. The van der Waals surface area contributed by atoms with Gasteiger partial charge in [-0.15, -0.1) is 0 Å². The van der Waals surface area contributed by atoms with Crippen LogP contribution in [0.5, 0.6) is 0 Å². The van der Waals surface area contributed by atoms with E-state index in [1.54, 1.807) is 0 Å². The molecule has 168 valence electrons. The molecule has 0 aliphatic heterocycles. The van der Waals surface area contributed by atoms with E-state index in [1.165, 1.54) is 50.2 Å². The lowest BCUT2D eigenvalue weighted by molar-refractivity contribution is -0.633. The summed E-state index contributed by atoms with van der Waals surface area (Å²) in [7, 11) is 2.17. The summed E-state index contributed by atoms with van der Waals surface area (Å²) >= 11 is 0. The van der Waals surface area contributed by atoms with Gasteiger partial charge in [0, 0.05) is 0 Å². The minimum absolute atomic E-state index is 1.16. The first kappa shape index (κ1) is 21.1. The van der Waals surface area contributed by atoms with Crippen LogP contribution in [-0.2, 0) is 7.05 Å². The zero-order valence-corrected chi connectivity index (χ0v) is 20.0. The lowest BCUT2D eigenvalue weighted by Gasteiger charge is -2.09. The maximum Gasteiger partial charge on any atom is 0.295 e. The largest absolute Gasteiger partial charge is 0.295 e. The summed E-state index contributed by atoms with van der Waals surface area (Å²) in [4.78, 5) is 0. The van der Waals surface area contributed by atoms with Gasteiger partial charge in [-0.25, -0.2) is 4.57 Å². The van der Waals surface area contributed by atoms with Crippen LogP contribution in [0.25, 0.3) is 50.4 Å². The first-order chi connectivity index (χ1) is 17.2. The maximum atomic E-state index is 2.40. The molecule has 1 heterocycles. The fourth-order valence-electron chi connectivity index (χ4n) is 4.99.